The molecule has 2 aromatic heterocycles. The first-order valence-corrected chi connectivity index (χ1v) is 9.52. The first-order chi connectivity index (χ1) is 13.6. The van der Waals surface area contributed by atoms with E-state index in [1.54, 1.807) is 13.3 Å². The summed E-state index contributed by atoms with van der Waals surface area (Å²) in [6.07, 6.45) is 3.91. The van der Waals surface area contributed by atoms with E-state index in [0.29, 0.717) is 5.92 Å². The quantitative estimate of drug-likeness (QED) is 0.708. The maximum atomic E-state index is 10.9. The van der Waals surface area contributed by atoms with Gasteiger partial charge in [0.05, 0.1) is 18.5 Å². The van der Waals surface area contributed by atoms with Gasteiger partial charge in [0.2, 0.25) is 0 Å². The van der Waals surface area contributed by atoms with E-state index < -0.39 is 5.97 Å². The van der Waals surface area contributed by atoms with E-state index in [2.05, 4.69) is 22.1 Å². The van der Waals surface area contributed by atoms with Crippen LogP contribution < -0.4 is 4.74 Å². The van der Waals surface area contributed by atoms with Crippen LogP contribution in [-0.4, -0.2) is 50.9 Å². The molecule has 0 bridgehead atoms. The minimum Gasteiger partial charge on any atom is -0.494 e. The molecule has 0 saturated carbocycles. The number of carbonyl (C=O) groups is 1. The molecule has 0 amide bonds. The van der Waals surface area contributed by atoms with E-state index >= 15 is 0 Å². The molecule has 1 saturated heterocycles. The Kier molecular flexibility index (Phi) is 5.25. The zero-order chi connectivity index (χ0) is 19.5. The Bertz CT molecular complexity index is 985. The summed E-state index contributed by atoms with van der Waals surface area (Å²) < 4.78 is 6.94. The zero-order valence-corrected chi connectivity index (χ0v) is 15.9. The van der Waals surface area contributed by atoms with Crippen LogP contribution in [-0.2, 0) is 17.9 Å². The number of carboxylic acid groups (broad SMARTS) is 1. The molecule has 1 N–H and O–H groups in total. The van der Waals surface area contributed by atoms with Crippen LogP contribution in [0.25, 0.3) is 10.9 Å². The van der Waals surface area contributed by atoms with Crippen LogP contribution in [0.3, 0.4) is 0 Å². The Morgan fingerprint density at radius 3 is 3.00 bits per heavy atom. The summed E-state index contributed by atoms with van der Waals surface area (Å²) in [6, 6.07) is 12.1. The van der Waals surface area contributed by atoms with Gasteiger partial charge in [0.15, 0.2) is 0 Å². The van der Waals surface area contributed by atoms with Gasteiger partial charge < -0.3 is 9.84 Å². The van der Waals surface area contributed by atoms with E-state index in [4.69, 9.17) is 14.8 Å². The average molecular weight is 380 g/mol. The molecule has 146 valence electrons. The number of methoxy groups -OCH3 is 1. The van der Waals surface area contributed by atoms with E-state index in [1.165, 1.54) is 4.68 Å². The number of carboxylic acids is 1. The summed E-state index contributed by atoms with van der Waals surface area (Å²) in [7, 11) is 1.67. The SMILES string of the molecule is COc1cccc2ccc(CN3CCC[C@@H](c4ccn(CC(=O)O)n4)C3)nc12. The standard InChI is InChI=1S/C21H24N4O3/c1-28-19-6-2-4-15-7-8-17(22-21(15)19)13-24-10-3-5-16(12-24)18-9-11-25(23-18)14-20(26)27/h2,4,6-9,11,16H,3,5,10,12-14H2,1H3,(H,26,27)/t16-/m1/s1. The van der Waals surface area contributed by atoms with E-state index in [1.807, 2.05) is 24.3 Å². The number of fused-ring (bicyclic) bond motifs is 1. The summed E-state index contributed by atoms with van der Waals surface area (Å²) in [5.74, 6) is 0.233. The number of aromatic nitrogens is 3. The Labute approximate surface area is 163 Å². The fourth-order valence-corrected chi connectivity index (χ4v) is 3.90. The Hall–Kier alpha value is -2.93. The van der Waals surface area contributed by atoms with Gasteiger partial charge in [-0.05, 0) is 37.6 Å². The summed E-state index contributed by atoms with van der Waals surface area (Å²) in [4.78, 5) is 18.1. The number of hydrogen-bond donors (Lipinski definition) is 1. The van der Waals surface area contributed by atoms with Gasteiger partial charge in [0, 0.05) is 30.6 Å². The normalized spacial score (nSPS) is 17.7. The molecule has 3 aromatic rings. The van der Waals surface area contributed by atoms with Crippen LogP contribution in [0.4, 0.5) is 0 Å². The topological polar surface area (TPSA) is 80.5 Å². The third-order valence-corrected chi connectivity index (χ3v) is 5.23. The Morgan fingerprint density at radius 2 is 2.18 bits per heavy atom. The van der Waals surface area contributed by atoms with Gasteiger partial charge in [0.25, 0.3) is 0 Å². The average Bonchev–Trinajstić information content (AvgIpc) is 3.15. The van der Waals surface area contributed by atoms with Gasteiger partial charge in [-0.15, -0.1) is 0 Å². The number of hydrogen-bond acceptors (Lipinski definition) is 5. The van der Waals surface area contributed by atoms with E-state index in [-0.39, 0.29) is 6.54 Å². The number of aliphatic carboxylic acids is 1. The highest BCUT2D eigenvalue weighted by Crippen LogP contribution is 2.28. The van der Waals surface area contributed by atoms with Crippen molar-refractivity contribution >= 4 is 16.9 Å². The lowest BCUT2D eigenvalue weighted by Gasteiger charge is -2.31. The highest BCUT2D eigenvalue weighted by Gasteiger charge is 2.23. The largest absolute Gasteiger partial charge is 0.494 e. The van der Waals surface area contributed by atoms with Crippen molar-refractivity contribution in [1.82, 2.24) is 19.7 Å². The van der Waals surface area contributed by atoms with Crippen molar-refractivity contribution in [3.63, 3.8) is 0 Å². The molecule has 28 heavy (non-hydrogen) atoms. The van der Waals surface area contributed by atoms with Crippen LogP contribution >= 0.6 is 0 Å². The van der Waals surface area contributed by atoms with Crippen molar-refractivity contribution < 1.29 is 14.6 Å². The third-order valence-electron chi connectivity index (χ3n) is 5.23. The van der Waals surface area contributed by atoms with Crippen molar-refractivity contribution in [3.8, 4) is 5.75 Å². The van der Waals surface area contributed by atoms with Crippen LogP contribution in [0.5, 0.6) is 5.75 Å². The molecule has 1 aromatic carbocycles. The molecule has 0 radical (unpaired) electrons. The highest BCUT2D eigenvalue weighted by atomic mass is 16.5. The summed E-state index contributed by atoms with van der Waals surface area (Å²) >= 11 is 0. The maximum Gasteiger partial charge on any atom is 0.325 e. The van der Waals surface area contributed by atoms with Gasteiger partial charge in [0.1, 0.15) is 17.8 Å². The molecule has 0 spiro atoms. The lowest BCUT2D eigenvalue weighted by Crippen LogP contribution is -2.34. The van der Waals surface area contributed by atoms with Crippen LogP contribution in [0.15, 0.2) is 42.6 Å². The van der Waals surface area contributed by atoms with Crippen molar-refractivity contribution in [3.05, 3.63) is 54.0 Å². The van der Waals surface area contributed by atoms with Crippen molar-refractivity contribution in [2.24, 2.45) is 0 Å². The molecule has 7 nitrogen and oxygen atoms in total. The molecule has 1 atom stereocenters. The van der Waals surface area contributed by atoms with E-state index in [0.717, 1.165) is 60.5 Å². The molecule has 0 aliphatic carbocycles. The summed E-state index contributed by atoms with van der Waals surface area (Å²) in [5, 5.41) is 14.4. The molecule has 7 heteroatoms. The fraction of sp³-hybridized carbons (Fsp3) is 0.381. The molecular weight excluding hydrogens is 356 g/mol. The minimum atomic E-state index is -0.877. The molecular formula is C21H24N4O3. The third kappa shape index (κ3) is 3.99. The number of piperidine rings is 1. The summed E-state index contributed by atoms with van der Waals surface area (Å²) in [5.41, 5.74) is 2.89. The van der Waals surface area contributed by atoms with Crippen LogP contribution in [0.1, 0.15) is 30.1 Å². The van der Waals surface area contributed by atoms with Crippen molar-refractivity contribution in [2.75, 3.05) is 20.2 Å². The molecule has 4 rings (SSSR count). The smallest absolute Gasteiger partial charge is 0.325 e. The van der Waals surface area contributed by atoms with Gasteiger partial charge in [-0.1, -0.05) is 18.2 Å². The number of ether oxygens (including phenoxy) is 1. The maximum absolute atomic E-state index is 10.9. The van der Waals surface area contributed by atoms with Crippen molar-refractivity contribution in [2.45, 2.75) is 31.8 Å². The number of para-hydroxylation sites is 1. The highest BCUT2D eigenvalue weighted by molar-refractivity contribution is 5.84. The van der Waals surface area contributed by atoms with Crippen LogP contribution in [0.2, 0.25) is 0 Å². The van der Waals surface area contributed by atoms with Gasteiger partial charge in [-0.3, -0.25) is 14.4 Å². The van der Waals surface area contributed by atoms with Gasteiger partial charge in [-0.25, -0.2) is 4.98 Å². The molecule has 1 aliphatic rings. The zero-order valence-electron chi connectivity index (χ0n) is 15.9. The Balaban J connectivity index is 1.47. The predicted molar refractivity (Wildman–Crippen MR) is 105 cm³/mol. The molecule has 1 aliphatic heterocycles. The van der Waals surface area contributed by atoms with Crippen molar-refractivity contribution in [1.29, 1.82) is 0 Å². The second-order valence-corrected chi connectivity index (χ2v) is 7.24. The summed E-state index contributed by atoms with van der Waals surface area (Å²) in [6.45, 7) is 2.60. The second-order valence-electron chi connectivity index (χ2n) is 7.24. The second kappa shape index (κ2) is 7.98. The number of benzene rings is 1. The number of rotatable bonds is 6. The number of pyridine rings is 1. The Morgan fingerprint density at radius 1 is 1.29 bits per heavy atom. The number of nitrogens with zero attached hydrogens (tertiary/aromatic N) is 4. The lowest BCUT2D eigenvalue weighted by atomic mass is 9.95. The van der Waals surface area contributed by atoms with Gasteiger partial charge >= 0.3 is 5.97 Å². The van der Waals surface area contributed by atoms with Crippen LogP contribution in [0, 0.1) is 0 Å². The first kappa shape index (κ1) is 18.4. The minimum absolute atomic E-state index is 0.0979. The molecule has 1 fully saturated rings. The molecule has 0 unspecified atom stereocenters. The fourth-order valence-electron chi connectivity index (χ4n) is 3.90. The predicted octanol–water partition coefficient (Wildman–Crippen LogP) is 2.90. The number of likely N-dealkylation sites (tertiary alicyclic amines) is 1. The molecule has 3 heterocycles. The van der Waals surface area contributed by atoms with Gasteiger partial charge in [-0.2, -0.15) is 5.10 Å². The lowest BCUT2D eigenvalue weighted by molar-refractivity contribution is -0.137. The first-order valence-electron chi connectivity index (χ1n) is 9.52. The van der Waals surface area contributed by atoms with E-state index in [9.17, 15) is 4.79 Å². The monoisotopic (exact) mass is 380 g/mol.